The van der Waals surface area contributed by atoms with E-state index >= 15 is 0 Å². The molecule has 0 radical (unpaired) electrons. The van der Waals surface area contributed by atoms with Crippen LogP contribution in [0.25, 0.3) is 10.1 Å². The average molecular weight is 280 g/mol. The van der Waals surface area contributed by atoms with Crippen molar-refractivity contribution >= 4 is 27.4 Å². The molecular weight excluding hydrogens is 264 g/mol. The van der Waals surface area contributed by atoms with Crippen molar-refractivity contribution in [2.45, 2.75) is 19.4 Å². The minimum atomic E-state index is -0.607. The van der Waals surface area contributed by atoms with Crippen LogP contribution < -0.4 is 0 Å². The van der Waals surface area contributed by atoms with Gasteiger partial charge in [-0.25, -0.2) is 4.79 Å². The fraction of sp³-hybridized carbons (Fsp3) is 0.357. The summed E-state index contributed by atoms with van der Waals surface area (Å²) in [6, 6.07) is 5.33. The number of fused-ring (bicyclic) bond motifs is 1. The van der Waals surface area contributed by atoms with Crippen molar-refractivity contribution in [1.82, 2.24) is 0 Å². The summed E-state index contributed by atoms with van der Waals surface area (Å²) in [5, 5.41) is 12.5. The third-order valence-corrected chi connectivity index (χ3v) is 3.90. The maximum atomic E-state index is 11.7. The fourth-order valence-corrected chi connectivity index (χ4v) is 2.95. The van der Waals surface area contributed by atoms with Gasteiger partial charge in [0, 0.05) is 23.1 Å². The Morgan fingerprint density at radius 3 is 2.89 bits per heavy atom. The molecule has 0 aliphatic rings. The zero-order chi connectivity index (χ0) is 13.8. The van der Waals surface area contributed by atoms with Gasteiger partial charge in [-0.05, 0) is 30.0 Å². The molecule has 5 heteroatoms. The number of methoxy groups -OCH3 is 1. The molecule has 1 heterocycles. The average Bonchev–Trinajstić information content (AvgIpc) is 2.90. The molecular formula is C14H16O4S. The number of ether oxygens (including phenoxy) is 2. The molecule has 0 saturated carbocycles. The molecule has 4 nitrogen and oxygen atoms in total. The topological polar surface area (TPSA) is 55.8 Å². The standard InChI is InChI=1S/C14H16O4S/c1-3-18-12(14(16)17-2)8-9-4-5-11(15)10-6-7-19-13(9)10/h4-7,12,15H,3,8H2,1-2H3. The number of hydrogen-bond acceptors (Lipinski definition) is 5. The van der Waals surface area contributed by atoms with Crippen molar-refractivity contribution in [3.8, 4) is 5.75 Å². The predicted octanol–water partition coefficient (Wildman–Crippen LogP) is 2.73. The van der Waals surface area contributed by atoms with Crippen molar-refractivity contribution < 1.29 is 19.4 Å². The summed E-state index contributed by atoms with van der Waals surface area (Å²) >= 11 is 1.54. The minimum absolute atomic E-state index is 0.256. The Balaban J connectivity index is 2.31. The molecule has 0 aliphatic heterocycles. The highest BCUT2D eigenvalue weighted by Crippen LogP contribution is 2.32. The summed E-state index contributed by atoms with van der Waals surface area (Å²) in [6.45, 7) is 2.29. The lowest BCUT2D eigenvalue weighted by atomic mass is 10.1. The molecule has 102 valence electrons. The number of carbonyl (C=O) groups excluding carboxylic acids is 1. The maximum absolute atomic E-state index is 11.7. The highest BCUT2D eigenvalue weighted by Gasteiger charge is 2.21. The van der Waals surface area contributed by atoms with Crippen molar-refractivity contribution in [3.05, 3.63) is 29.1 Å². The van der Waals surface area contributed by atoms with Gasteiger partial charge in [0.1, 0.15) is 5.75 Å². The Morgan fingerprint density at radius 1 is 1.42 bits per heavy atom. The van der Waals surface area contributed by atoms with Crippen LogP contribution >= 0.6 is 11.3 Å². The van der Waals surface area contributed by atoms with Crippen LogP contribution in [0.5, 0.6) is 5.75 Å². The number of carbonyl (C=O) groups is 1. The van der Waals surface area contributed by atoms with Gasteiger partial charge in [0.2, 0.25) is 0 Å². The molecule has 1 aromatic carbocycles. The second-order valence-corrected chi connectivity index (χ2v) is 4.99. The second kappa shape index (κ2) is 6.04. The Labute approximate surface area is 115 Å². The van der Waals surface area contributed by atoms with E-state index in [0.717, 1.165) is 15.6 Å². The number of hydrogen-bond donors (Lipinski definition) is 1. The number of thiophene rings is 1. The molecule has 0 fully saturated rings. The van der Waals surface area contributed by atoms with E-state index < -0.39 is 6.10 Å². The van der Waals surface area contributed by atoms with Gasteiger partial charge in [-0.3, -0.25) is 0 Å². The number of phenols is 1. The van der Waals surface area contributed by atoms with E-state index in [-0.39, 0.29) is 11.7 Å². The Bertz CT molecular complexity index is 576. The van der Waals surface area contributed by atoms with Crippen molar-refractivity contribution in [2.75, 3.05) is 13.7 Å². The molecule has 0 amide bonds. The molecule has 19 heavy (non-hydrogen) atoms. The van der Waals surface area contributed by atoms with Crippen molar-refractivity contribution in [1.29, 1.82) is 0 Å². The van der Waals surface area contributed by atoms with Gasteiger partial charge < -0.3 is 14.6 Å². The Morgan fingerprint density at radius 2 is 2.21 bits per heavy atom. The van der Waals surface area contributed by atoms with Crippen LogP contribution in [0.3, 0.4) is 0 Å². The van der Waals surface area contributed by atoms with Gasteiger partial charge in [-0.15, -0.1) is 11.3 Å². The zero-order valence-corrected chi connectivity index (χ0v) is 11.7. The highest BCUT2D eigenvalue weighted by atomic mass is 32.1. The normalized spacial score (nSPS) is 12.5. The highest BCUT2D eigenvalue weighted by molar-refractivity contribution is 7.17. The van der Waals surface area contributed by atoms with E-state index in [1.165, 1.54) is 18.4 Å². The third-order valence-electron chi connectivity index (χ3n) is 2.91. The van der Waals surface area contributed by atoms with Crippen LogP contribution in [0, 0.1) is 0 Å². The van der Waals surface area contributed by atoms with Crippen LogP contribution in [-0.4, -0.2) is 30.9 Å². The molecule has 2 rings (SSSR count). The predicted molar refractivity (Wildman–Crippen MR) is 74.6 cm³/mol. The minimum Gasteiger partial charge on any atom is -0.507 e. The quantitative estimate of drug-likeness (QED) is 0.856. The number of benzene rings is 1. The molecule has 1 unspecified atom stereocenters. The van der Waals surface area contributed by atoms with Gasteiger partial charge >= 0.3 is 5.97 Å². The van der Waals surface area contributed by atoms with Crippen molar-refractivity contribution in [3.63, 3.8) is 0 Å². The third kappa shape index (κ3) is 2.88. The van der Waals surface area contributed by atoms with E-state index in [0.29, 0.717) is 13.0 Å². The van der Waals surface area contributed by atoms with E-state index in [2.05, 4.69) is 0 Å². The molecule has 0 saturated heterocycles. The largest absolute Gasteiger partial charge is 0.507 e. The summed E-state index contributed by atoms with van der Waals surface area (Å²) < 4.78 is 11.1. The van der Waals surface area contributed by atoms with E-state index in [1.54, 1.807) is 6.07 Å². The van der Waals surface area contributed by atoms with Gasteiger partial charge in [0.15, 0.2) is 6.10 Å². The van der Waals surface area contributed by atoms with Crippen LogP contribution in [-0.2, 0) is 20.7 Å². The van der Waals surface area contributed by atoms with E-state index in [9.17, 15) is 9.90 Å². The lowest BCUT2D eigenvalue weighted by molar-refractivity contribution is -0.153. The number of phenolic OH excluding ortho intramolecular Hbond substituents is 1. The number of esters is 1. The van der Waals surface area contributed by atoms with Crippen LogP contribution in [0.2, 0.25) is 0 Å². The van der Waals surface area contributed by atoms with Gasteiger partial charge in [-0.1, -0.05) is 6.07 Å². The Hall–Kier alpha value is -1.59. The fourth-order valence-electron chi connectivity index (χ4n) is 2.01. The summed E-state index contributed by atoms with van der Waals surface area (Å²) in [7, 11) is 1.35. The van der Waals surface area contributed by atoms with Crippen LogP contribution in [0.4, 0.5) is 0 Å². The van der Waals surface area contributed by atoms with Gasteiger partial charge in [0.05, 0.1) is 7.11 Å². The van der Waals surface area contributed by atoms with E-state index in [4.69, 9.17) is 9.47 Å². The molecule has 1 N–H and O–H groups in total. The van der Waals surface area contributed by atoms with Crippen molar-refractivity contribution in [2.24, 2.45) is 0 Å². The SMILES string of the molecule is CCOC(Cc1ccc(O)c2ccsc12)C(=O)OC. The number of rotatable bonds is 5. The molecule has 1 atom stereocenters. The summed E-state index contributed by atoms with van der Waals surface area (Å²) in [6.07, 6.45) is -0.164. The monoisotopic (exact) mass is 280 g/mol. The van der Waals surface area contributed by atoms with Gasteiger partial charge in [-0.2, -0.15) is 0 Å². The number of aromatic hydroxyl groups is 1. The van der Waals surface area contributed by atoms with Crippen LogP contribution in [0.1, 0.15) is 12.5 Å². The first-order valence-corrected chi connectivity index (χ1v) is 6.92. The Kier molecular flexibility index (Phi) is 4.39. The lowest BCUT2D eigenvalue weighted by Crippen LogP contribution is -2.28. The van der Waals surface area contributed by atoms with Crippen LogP contribution in [0.15, 0.2) is 23.6 Å². The first kappa shape index (κ1) is 13.8. The van der Waals surface area contributed by atoms with Gasteiger partial charge in [0.25, 0.3) is 0 Å². The first-order valence-electron chi connectivity index (χ1n) is 6.04. The zero-order valence-electron chi connectivity index (χ0n) is 10.9. The smallest absolute Gasteiger partial charge is 0.335 e. The molecule has 0 spiro atoms. The van der Waals surface area contributed by atoms with E-state index in [1.807, 2.05) is 24.4 Å². The summed E-state index contributed by atoms with van der Waals surface area (Å²) in [5.41, 5.74) is 0.978. The molecule has 2 aromatic rings. The molecule has 1 aromatic heterocycles. The molecule has 0 aliphatic carbocycles. The lowest BCUT2D eigenvalue weighted by Gasteiger charge is -2.15. The molecule has 0 bridgehead atoms. The summed E-state index contributed by atoms with van der Waals surface area (Å²) in [4.78, 5) is 11.7. The maximum Gasteiger partial charge on any atom is 0.335 e. The first-order chi connectivity index (χ1) is 9.17. The second-order valence-electron chi connectivity index (χ2n) is 4.08. The summed E-state index contributed by atoms with van der Waals surface area (Å²) in [5.74, 6) is -0.120.